The van der Waals surface area contributed by atoms with Gasteiger partial charge in [-0.05, 0) is 32.6 Å². The Bertz CT molecular complexity index is 183. The molecule has 0 rings (SSSR count). The third-order valence-corrected chi connectivity index (χ3v) is 6.28. The summed E-state index contributed by atoms with van der Waals surface area (Å²) in [5, 5.41) is 2.14. The molecule has 0 aromatic carbocycles. The first-order valence-electron chi connectivity index (χ1n) is 6.43. The van der Waals surface area contributed by atoms with Gasteiger partial charge in [0.05, 0.1) is 0 Å². The Hall–Kier alpha value is 0.187. The van der Waals surface area contributed by atoms with Crippen molar-refractivity contribution in [3.05, 3.63) is 11.5 Å². The van der Waals surface area contributed by atoms with Crippen molar-refractivity contribution >= 4 is 20.6 Å². The lowest BCUT2D eigenvalue weighted by molar-refractivity contribution is 0.0729. The molecule has 0 amide bonds. The molecule has 0 bridgehead atoms. The van der Waals surface area contributed by atoms with E-state index in [0.717, 1.165) is 18.2 Å². The molecule has 0 N–H and O–H groups in total. The summed E-state index contributed by atoms with van der Waals surface area (Å²) in [6, 6.07) is 0.876. The minimum atomic E-state index is -2.41. The van der Waals surface area contributed by atoms with Crippen LogP contribution >= 0.6 is 11.8 Å². The second kappa shape index (κ2) is 11.3. The SMILES string of the molecule is CC/C=C/SCC[Si](OCC)(OCC)OCC. The van der Waals surface area contributed by atoms with Crippen LogP contribution in [0.15, 0.2) is 11.5 Å². The summed E-state index contributed by atoms with van der Waals surface area (Å²) in [6.07, 6.45) is 3.24. The average Bonchev–Trinajstić information content (AvgIpc) is 2.30. The zero-order chi connectivity index (χ0) is 13.0. The maximum Gasteiger partial charge on any atom is 0.501 e. The summed E-state index contributed by atoms with van der Waals surface area (Å²) in [5.74, 6) is 0.989. The van der Waals surface area contributed by atoms with Crippen molar-refractivity contribution in [1.82, 2.24) is 0 Å². The molecule has 3 nitrogen and oxygen atoms in total. The largest absolute Gasteiger partial charge is 0.501 e. The van der Waals surface area contributed by atoms with Gasteiger partial charge in [0.25, 0.3) is 0 Å². The predicted octanol–water partition coefficient (Wildman–Crippen LogP) is 3.69. The van der Waals surface area contributed by atoms with Gasteiger partial charge in [-0.1, -0.05) is 13.0 Å². The van der Waals surface area contributed by atoms with E-state index in [2.05, 4.69) is 18.4 Å². The van der Waals surface area contributed by atoms with Crippen LogP contribution in [0.25, 0.3) is 0 Å². The lowest BCUT2D eigenvalue weighted by Gasteiger charge is -2.28. The number of rotatable bonds is 11. The van der Waals surface area contributed by atoms with Gasteiger partial charge in [-0.15, -0.1) is 11.8 Å². The molecule has 0 atom stereocenters. The van der Waals surface area contributed by atoms with E-state index in [1.807, 2.05) is 20.8 Å². The Morgan fingerprint density at radius 3 is 1.88 bits per heavy atom. The topological polar surface area (TPSA) is 27.7 Å². The van der Waals surface area contributed by atoms with Gasteiger partial charge in [0.15, 0.2) is 0 Å². The van der Waals surface area contributed by atoms with Crippen molar-refractivity contribution in [2.45, 2.75) is 40.2 Å². The van der Waals surface area contributed by atoms with E-state index in [1.54, 1.807) is 11.8 Å². The van der Waals surface area contributed by atoms with E-state index in [9.17, 15) is 0 Å². The number of allylic oxidation sites excluding steroid dienone is 1. The van der Waals surface area contributed by atoms with Crippen LogP contribution in [0, 0.1) is 0 Å². The summed E-state index contributed by atoms with van der Waals surface area (Å²) in [6.45, 7) is 10.1. The fraction of sp³-hybridized carbons (Fsp3) is 0.833. The molecule has 0 radical (unpaired) electrons. The highest BCUT2D eigenvalue weighted by molar-refractivity contribution is 8.02. The first kappa shape index (κ1) is 17.2. The Kier molecular flexibility index (Phi) is 11.4. The van der Waals surface area contributed by atoms with Crippen LogP contribution in [0.3, 0.4) is 0 Å². The van der Waals surface area contributed by atoms with Gasteiger partial charge in [0.2, 0.25) is 0 Å². The molecule has 0 unspecified atom stereocenters. The molecule has 0 aliphatic heterocycles. The lowest BCUT2D eigenvalue weighted by atomic mass is 10.5. The standard InChI is InChI=1S/C12H26O3SSi/c1-5-9-10-16-11-12-17(13-6-2,14-7-3)15-8-4/h9-10H,5-8,11-12H2,1-4H3/b10-9+. The molecule has 102 valence electrons. The zero-order valence-electron chi connectivity index (χ0n) is 11.5. The summed E-state index contributed by atoms with van der Waals surface area (Å²) in [4.78, 5) is 0. The Balaban J connectivity index is 4.18. The van der Waals surface area contributed by atoms with E-state index in [1.165, 1.54) is 0 Å². The lowest BCUT2D eigenvalue weighted by Crippen LogP contribution is -2.46. The minimum Gasteiger partial charge on any atom is -0.374 e. The van der Waals surface area contributed by atoms with Crippen LogP contribution in [0.4, 0.5) is 0 Å². The summed E-state index contributed by atoms with van der Waals surface area (Å²) in [5.41, 5.74) is 0. The van der Waals surface area contributed by atoms with E-state index in [-0.39, 0.29) is 0 Å². The molecule has 0 aliphatic rings. The first-order chi connectivity index (χ1) is 8.24. The van der Waals surface area contributed by atoms with Crippen LogP contribution in [0.5, 0.6) is 0 Å². The third-order valence-electron chi connectivity index (χ3n) is 2.05. The van der Waals surface area contributed by atoms with Gasteiger partial charge in [-0.25, -0.2) is 0 Å². The highest BCUT2D eigenvalue weighted by Gasteiger charge is 2.39. The highest BCUT2D eigenvalue weighted by Crippen LogP contribution is 2.19. The highest BCUT2D eigenvalue weighted by atomic mass is 32.2. The number of hydrogen-bond acceptors (Lipinski definition) is 4. The molecule has 0 heterocycles. The van der Waals surface area contributed by atoms with Crippen molar-refractivity contribution in [1.29, 1.82) is 0 Å². The van der Waals surface area contributed by atoms with E-state index >= 15 is 0 Å². The van der Waals surface area contributed by atoms with Crippen molar-refractivity contribution in [3.8, 4) is 0 Å². The quantitative estimate of drug-likeness (QED) is 0.425. The average molecular weight is 278 g/mol. The second-order valence-corrected chi connectivity index (χ2v) is 7.13. The van der Waals surface area contributed by atoms with E-state index < -0.39 is 8.80 Å². The Morgan fingerprint density at radius 1 is 0.941 bits per heavy atom. The monoisotopic (exact) mass is 278 g/mol. The normalized spacial score (nSPS) is 12.5. The van der Waals surface area contributed by atoms with Crippen molar-refractivity contribution in [2.24, 2.45) is 0 Å². The molecular formula is C12H26O3SSi. The molecule has 17 heavy (non-hydrogen) atoms. The van der Waals surface area contributed by atoms with Gasteiger partial charge >= 0.3 is 8.80 Å². The van der Waals surface area contributed by atoms with Crippen LogP contribution in [-0.2, 0) is 13.3 Å². The molecule has 5 heteroatoms. The van der Waals surface area contributed by atoms with Gasteiger partial charge in [0.1, 0.15) is 0 Å². The fourth-order valence-corrected chi connectivity index (χ4v) is 5.36. The maximum atomic E-state index is 5.77. The van der Waals surface area contributed by atoms with Gasteiger partial charge in [-0.3, -0.25) is 0 Å². The summed E-state index contributed by atoms with van der Waals surface area (Å²) < 4.78 is 17.3. The second-order valence-electron chi connectivity index (χ2n) is 3.38. The zero-order valence-corrected chi connectivity index (χ0v) is 13.3. The summed E-state index contributed by atoms with van der Waals surface area (Å²) >= 11 is 1.80. The molecule has 0 saturated carbocycles. The van der Waals surface area contributed by atoms with Crippen molar-refractivity contribution in [2.75, 3.05) is 25.6 Å². The first-order valence-corrected chi connectivity index (χ1v) is 9.41. The Labute approximate surface area is 111 Å². The molecular weight excluding hydrogens is 252 g/mol. The minimum absolute atomic E-state index is 0.654. The molecule has 0 aromatic rings. The Morgan fingerprint density at radius 2 is 1.47 bits per heavy atom. The van der Waals surface area contributed by atoms with Crippen LogP contribution < -0.4 is 0 Å². The van der Waals surface area contributed by atoms with E-state index in [4.69, 9.17) is 13.3 Å². The van der Waals surface area contributed by atoms with Crippen LogP contribution in [0.2, 0.25) is 6.04 Å². The van der Waals surface area contributed by atoms with Gasteiger partial charge < -0.3 is 13.3 Å². The summed E-state index contributed by atoms with van der Waals surface area (Å²) in [7, 11) is -2.41. The van der Waals surface area contributed by atoms with Gasteiger partial charge in [-0.2, -0.15) is 0 Å². The van der Waals surface area contributed by atoms with E-state index in [0.29, 0.717) is 19.8 Å². The molecule has 0 fully saturated rings. The fourth-order valence-electron chi connectivity index (χ4n) is 1.42. The van der Waals surface area contributed by atoms with Crippen LogP contribution in [0.1, 0.15) is 34.1 Å². The third kappa shape index (κ3) is 7.99. The van der Waals surface area contributed by atoms with Crippen molar-refractivity contribution < 1.29 is 13.3 Å². The molecule has 0 saturated heterocycles. The maximum absolute atomic E-state index is 5.77. The smallest absolute Gasteiger partial charge is 0.374 e. The van der Waals surface area contributed by atoms with Crippen LogP contribution in [-0.4, -0.2) is 34.4 Å². The van der Waals surface area contributed by atoms with Crippen molar-refractivity contribution in [3.63, 3.8) is 0 Å². The van der Waals surface area contributed by atoms with Gasteiger partial charge in [0, 0.05) is 31.6 Å². The number of thioether (sulfide) groups is 1. The molecule has 0 aromatic heterocycles. The number of hydrogen-bond donors (Lipinski definition) is 0. The molecule has 0 aliphatic carbocycles. The molecule has 0 spiro atoms. The predicted molar refractivity (Wildman–Crippen MR) is 77.3 cm³/mol.